The second kappa shape index (κ2) is 16.9. The van der Waals surface area contributed by atoms with Crippen LogP contribution in [0.2, 0.25) is 0 Å². The Hall–Kier alpha value is -5.22. The van der Waals surface area contributed by atoms with Gasteiger partial charge in [0.05, 0.1) is 12.6 Å². The van der Waals surface area contributed by atoms with E-state index in [4.69, 9.17) is 5.73 Å². The molecule has 254 valence electrons. The number of nitrogens with two attached hydrogens (primary N) is 1. The van der Waals surface area contributed by atoms with Crippen molar-refractivity contribution in [2.45, 2.75) is 68.7 Å². The maximum absolute atomic E-state index is 13.9. The first kappa shape index (κ1) is 36.3. The molecule has 5 atom stereocenters. The number of hydrogen-bond acceptors (Lipinski definition) is 10. The molecule has 2 aromatic rings. The fourth-order valence-corrected chi connectivity index (χ4v) is 5.09. The highest BCUT2D eigenvalue weighted by molar-refractivity contribution is 5.96. The summed E-state index contributed by atoms with van der Waals surface area (Å²) in [4.78, 5) is 77.3. The van der Waals surface area contributed by atoms with Gasteiger partial charge in [0, 0.05) is 19.4 Å². The van der Waals surface area contributed by atoms with Crippen LogP contribution in [0, 0.1) is 0 Å². The van der Waals surface area contributed by atoms with Gasteiger partial charge in [0.1, 0.15) is 35.7 Å². The topological polar surface area (TPSA) is 269 Å². The number of carboxylic acids is 2. The highest BCUT2D eigenvalue weighted by Crippen LogP contribution is 2.21. The van der Waals surface area contributed by atoms with Crippen LogP contribution in [0.25, 0.3) is 0 Å². The van der Waals surface area contributed by atoms with E-state index in [1.54, 1.807) is 12.1 Å². The van der Waals surface area contributed by atoms with E-state index in [1.165, 1.54) is 41.3 Å². The number of benzene rings is 2. The molecule has 0 unspecified atom stereocenters. The first-order valence-electron chi connectivity index (χ1n) is 14.9. The quantitative estimate of drug-likeness (QED) is 0.101. The van der Waals surface area contributed by atoms with Crippen LogP contribution in [0.5, 0.6) is 11.5 Å². The third-order valence-corrected chi connectivity index (χ3v) is 7.64. The zero-order chi connectivity index (χ0) is 34.7. The molecule has 0 bridgehead atoms. The summed E-state index contributed by atoms with van der Waals surface area (Å²) in [5.41, 5.74) is 7.18. The van der Waals surface area contributed by atoms with Crippen LogP contribution >= 0.6 is 0 Å². The number of phenols is 2. The van der Waals surface area contributed by atoms with Gasteiger partial charge in [-0.05, 0) is 61.1 Å². The van der Waals surface area contributed by atoms with Gasteiger partial charge in [0.15, 0.2) is 0 Å². The molecule has 47 heavy (non-hydrogen) atoms. The van der Waals surface area contributed by atoms with Crippen LogP contribution in [0.15, 0.2) is 48.5 Å². The van der Waals surface area contributed by atoms with Gasteiger partial charge < -0.3 is 52.1 Å². The normalized spacial score (nSPS) is 16.7. The first-order valence-corrected chi connectivity index (χ1v) is 14.9. The molecular weight excluding hydrogens is 618 g/mol. The molecule has 16 heteroatoms. The van der Waals surface area contributed by atoms with Crippen molar-refractivity contribution in [2.24, 2.45) is 5.73 Å². The van der Waals surface area contributed by atoms with E-state index in [2.05, 4.69) is 16.0 Å². The number of aliphatic hydroxyl groups excluding tert-OH is 1. The molecule has 16 nitrogen and oxygen atoms in total. The summed E-state index contributed by atoms with van der Waals surface area (Å²) in [6, 6.07) is 5.15. The van der Waals surface area contributed by atoms with E-state index in [0.717, 1.165) is 0 Å². The molecule has 1 fully saturated rings. The molecule has 1 aliphatic heterocycles. The minimum absolute atomic E-state index is 0.0177. The molecule has 3 rings (SSSR count). The zero-order valence-corrected chi connectivity index (χ0v) is 25.4. The molecule has 0 aromatic heterocycles. The molecule has 1 aliphatic rings. The van der Waals surface area contributed by atoms with Crippen molar-refractivity contribution in [1.29, 1.82) is 0 Å². The fraction of sp³-hybridized carbons (Fsp3) is 0.419. The molecule has 0 radical (unpaired) electrons. The molecule has 0 saturated carbocycles. The van der Waals surface area contributed by atoms with E-state index in [-0.39, 0.29) is 43.7 Å². The summed E-state index contributed by atoms with van der Waals surface area (Å²) in [5, 5.41) is 54.2. The number of aliphatic carboxylic acids is 2. The predicted molar refractivity (Wildman–Crippen MR) is 164 cm³/mol. The number of aliphatic hydroxyl groups is 1. The van der Waals surface area contributed by atoms with Gasteiger partial charge in [-0.25, -0.2) is 4.79 Å². The van der Waals surface area contributed by atoms with Crippen molar-refractivity contribution in [2.75, 3.05) is 13.2 Å². The predicted octanol–water partition coefficient (Wildman–Crippen LogP) is -1.40. The fourth-order valence-electron chi connectivity index (χ4n) is 5.09. The lowest BCUT2D eigenvalue weighted by molar-refractivity contribution is -0.145. The molecular formula is C31H39N5O11. The number of carboxylic acid groups (broad SMARTS) is 2. The number of phenolic OH excluding ortho intramolecular Hbond substituents is 2. The van der Waals surface area contributed by atoms with Gasteiger partial charge in [0.2, 0.25) is 23.6 Å². The molecule has 1 saturated heterocycles. The first-order chi connectivity index (χ1) is 22.3. The van der Waals surface area contributed by atoms with E-state index in [9.17, 15) is 54.3 Å². The van der Waals surface area contributed by atoms with Crippen LogP contribution in [0.3, 0.4) is 0 Å². The van der Waals surface area contributed by atoms with Gasteiger partial charge >= 0.3 is 11.9 Å². The number of carbonyl (C=O) groups excluding carboxylic acids is 4. The lowest BCUT2D eigenvalue weighted by atomic mass is 10.0. The SMILES string of the molecule is N[C@@H](Cc1ccc(O)cc1)C(=O)N[C@@H](CCC(=O)O)C(=O)N[C@@H](Cc1ccc(O)cc1)C(=O)N1CCC[C@H]1C(=O)N[C@@H](CO)C(=O)O. The summed E-state index contributed by atoms with van der Waals surface area (Å²) in [6.07, 6.45) is -0.359. The number of likely N-dealkylation sites (tertiary alicyclic amines) is 1. The molecule has 1 heterocycles. The molecule has 0 aliphatic carbocycles. The van der Waals surface area contributed by atoms with Crippen molar-refractivity contribution < 1.29 is 54.3 Å². The largest absolute Gasteiger partial charge is 0.508 e. The molecule has 0 spiro atoms. The smallest absolute Gasteiger partial charge is 0.328 e. The van der Waals surface area contributed by atoms with E-state index in [1.807, 2.05) is 0 Å². The summed E-state index contributed by atoms with van der Waals surface area (Å²) in [6.45, 7) is -0.773. The Balaban J connectivity index is 1.82. The number of hydrogen-bond donors (Lipinski definition) is 9. The van der Waals surface area contributed by atoms with Crippen molar-refractivity contribution in [1.82, 2.24) is 20.9 Å². The number of nitrogens with one attached hydrogen (secondary N) is 3. The van der Waals surface area contributed by atoms with Crippen LogP contribution in [-0.2, 0) is 41.6 Å². The van der Waals surface area contributed by atoms with Gasteiger partial charge in [-0.15, -0.1) is 0 Å². The van der Waals surface area contributed by atoms with Gasteiger partial charge in [-0.2, -0.15) is 0 Å². The monoisotopic (exact) mass is 657 g/mol. The maximum atomic E-state index is 13.9. The highest BCUT2D eigenvalue weighted by Gasteiger charge is 2.39. The average molecular weight is 658 g/mol. The number of rotatable bonds is 16. The summed E-state index contributed by atoms with van der Waals surface area (Å²) < 4.78 is 0. The van der Waals surface area contributed by atoms with Crippen LogP contribution < -0.4 is 21.7 Å². The number of amides is 4. The Morgan fingerprint density at radius 3 is 1.87 bits per heavy atom. The van der Waals surface area contributed by atoms with Gasteiger partial charge in [-0.1, -0.05) is 24.3 Å². The Kier molecular flexibility index (Phi) is 13.0. The Morgan fingerprint density at radius 1 is 0.787 bits per heavy atom. The lowest BCUT2D eigenvalue weighted by Crippen LogP contribution is -2.59. The summed E-state index contributed by atoms with van der Waals surface area (Å²) in [5.74, 6) is -5.90. The summed E-state index contributed by atoms with van der Waals surface area (Å²) in [7, 11) is 0. The van der Waals surface area contributed by atoms with Gasteiger partial charge in [0.25, 0.3) is 0 Å². The number of nitrogens with zero attached hydrogens (tertiary/aromatic N) is 1. The van der Waals surface area contributed by atoms with Crippen molar-refractivity contribution in [3.8, 4) is 11.5 Å². The Morgan fingerprint density at radius 2 is 1.34 bits per heavy atom. The standard InChI is InChI=1S/C31H39N5O11/c32-21(14-17-3-7-19(38)8-4-17)27(42)33-22(11-12-26(40)41)28(43)34-23(15-18-5-9-20(39)10-6-18)30(45)36-13-1-2-25(36)29(44)35-24(16-37)31(46)47/h3-10,21-25,37-39H,1-2,11-16,32H2,(H,33,42)(H,34,43)(H,35,44)(H,40,41)(H,46,47)/t21-,22-,23-,24-,25-/m0/s1. The van der Waals surface area contributed by atoms with Gasteiger partial charge in [-0.3, -0.25) is 24.0 Å². The van der Waals surface area contributed by atoms with Crippen LogP contribution in [0.1, 0.15) is 36.8 Å². The number of carbonyl (C=O) groups is 6. The second-order valence-corrected chi connectivity index (χ2v) is 11.2. The minimum atomic E-state index is -1.59. The second-order valence-electron chi connectivity index (χ2n) is 11.2. The van der Waals surface area contributed by atoms with Crippen molar-refractivity contribution >= 4 is 35.6 Å². The third-order valence-electron chi connectivity index (χ3n) is 7.64. The molecule has 4 amide bonds. The highest BCUT2D eigenvalue weighted by atomic mass is 16.4. The average Bonchev–Trinajstić information content (AvgIpc) is 3.53. The maximum Gasteiger partial charge on any atom is 0.328 e. The van der Waals surface area contributed by atoms with E-state index in [0.29, 0.717) is 17.5 Å². The minimum Gasteiger partial charge on any atom is -0.508 e. The Labute approximate surface area is 269 Å². The lowest BCUT2D eigenvalue weighted by Gasteiger charge is -2.30. The zero-order valence-electron chi connectivity index (χ0n) is 25.4. The molecule has 2 aromatic carbocycles. The van der Waals surface area contributed by atoms with Crippen LogP contribution in [-0.4, -0.2) is 109 Å². The summed E-state index contributed by atoms with van der Waals surface area (Å²) >= 11 is 0. The van der Waals surface area contributed by atoms with E-state index < -0.39 is 78.8 Å². The number of aromatic hydroxyl groups is 2. The van der Waals surface area contributed by atoms with Crippen molar-refractivity contribution in [3.05, 3.63) is 59.7 Å². The molecule has 10 N–H and O–H groups in total. The Bertz CT molecular complexity index is 1430. The van der Waals surface area contributed by atoms with Crippen molar-refractivity contribution in [3.63, 3.8) is 0 Å². The van der Waals surface area contributed by atoms with E-state index >= 15 is 0 Å². The van der Waals surface area contributed by atoms with Crippen LogP contribution in [0.4, 0.5) is 0 Å². The third kappa shape index (κ3) is 10.7.